The number of hydrogen-bond acceptors (Lipinski definition) is 2. The normalized spacial score (nSPS) is 10.3. The highest BCUT2D eigenvalue weighted by Crippen LogP contribution is 2.11. The molecule has 0 fully saturated rings. The first-order chi connectivity index (χ1) is 5.69. The van der Waals surface area contributed by atoms with Crippen LogP contribution in [0, 0.1) is 6.92 Å². The molecule has 0 heterocycles. The Balaban J connectivity index is 3.18. The maximum atomic E-state index is 8.99. The summed E-state index contributed by atoms with van der Waals surface area (Å²) >= 11 is 0. The minimum absolute atomic E-state index is 0.0496. The van der Waals surface area contributed by atoms with E-state index in [-0.39, 0.29) is 13.2 Å². The molecule has 0 aliphatic rings. The van der Waals surface area contributed by atoms with Crippen molar-refractivity contribution >= 4 is 14.5 Å². The average Bonchev–Trinajstić information content (AvgIpc) is 2.03. The second-order valence-corrected chi connectivity index (χ2v) is 3.42. The first-order valence-corrected chi connectivity index (χ1v) is 4.36. The van der Waals surface area contributed by atoms with Gasteiger partial charge in [-0.2, -0.15) is 0 Å². The van der Waals surface area contributed by atoms with Crippen LogP contribution in [0.4, 0.5) is 0 Å². The van der Waals surface area contributed by atoms with Gasteiger partial charge in [0, 0.05) is 0 Å². The van der Waals surface area contributed by atoms with Crippen molar-refractivity contribution in [3.8, 4) is 0 Å². The summed E-state index contributed by atoms with van der Waals surface area (Å²) in [7, 11) is 2.56. The van der Waals surface area contributed by atoms with Crippen LogP contribution in [0.25, 0.3) is 0 Å². The lowest BCUT2D eigenvalue weighted by Gasteiger charge is -2.08. The van der Waals surface area contributed by atoms with Gasteiger partial charge in [0.25, 0.3) is 0 Å². The van der Waals surface area contributed by atoms with Gasteiger partial charge < -0.3 is 10.2 Å². The molecule has 1 rings (SSSR count). The fourth-order valence-electron chi connectivity index (χ4n) is 1.23. The summed E-state index contributed by atoms with van der Waals surface area (Å²) < 4.78 is 0. The molecule has 2 nitrogen and oxygen atoms in total. The van der Waals surface area contributed by atoms with E-state index in [9.17, 15) is 0 Å². The minimum Gasteiger partial charge on any atom is -0.392 e. The Hall–Kier alpha value is -0.430. The number of aryl methyl sites for hydroxylation is 1. The first kappa shape index (κ1) is 9.66. The molecular weight excluding hydrogens is 171 g/mol. The molecule has 0 spiro atoms. The van der Waals surface area contributed by atoms with Crippen LogP contribution in [0.3, 0.4) is 0 Å². The molecule has 2 N–H and O–H groups in total. The standard InChI is InChI=1S/C9H13O2P/c1-6-2-7(4-10)3-9(12)8(6)5-11/h2-3,10-11H,4-5,12H2,1H3. The second-order valence-electron chi connectivity index (χ2n) is 2.80. The molecule has 0 saturated carbocycles. The van der Waals surface area contributed by atoms with Crippen LogP contribution >= 0.6 is 9.24 Å². The molecule has 0 aromatic heterocycles. The third kappa shape index (κ3) is 1.84. The summed E-state index contributed by atoms with van der Waals surface area (Å²) in [5.74, 6) is 0. The van der Waals surface area contributed by atoms with E-state index in [4.69, 9.17) is 10.2 Å². The van der Waals surface area contributed by atoms with Crippen LogP contribution in [-0.4, -0.2) is 10.2 Å². The molecule has 1 unspecified atom stereocenters. The lowest BCUT2D eigenvalue weighted by atomic mass is 10.1. The molecule has 3 heteroatoms. The van der Waals surface area contributed by atoms with E-state index in [1.807, 2.05) is 19.1 Å². The lowest BCUT2D eigenvalue weighted by Crippen LogP contribution is -2.06. The highest BCUT2D eigenvalue weighted by atomic mass is 31.0. The zero-order valence-corrected chi connectivity index (χ0v) is 8.20. The van der Waals surface area contributed by atoms with Crippen molar-refractivity contribution < 1.29 is 10.2 Å². The van der Waals surface area contributed by atoms with Crippen molar-refractivity contribution in [2.45, 2.75) is 20.1 Å². The summed E-state index contributed by atoms with van der Waals surface area (Å²) in [6, 6.07) is 3.75. The third-order valence-electron chi connectivity index (χ3n) is 1.91. The van der Waals surface area contributed by atoms with Crippen LogP contribution in [0.15, 0.2) is 12.1 Å². The summed E-state index contributed by atoms with van der Waals surface area (Å²) in [4.78, 5) is 0. The van der Waals surface area contributed by atoms with Crippen LogP contribution in [0.5, 0.6) is 0 Å². The number of rotatable bonds is 2. The van der Waals surface area contributed by atoms with Crippen molar-refractivity contribution in [1.82, 2.24) is 0 Å². The summed E-state index contributed by atoms with van der Waals surface area (Å²) in [5.41, 5.74) is 2.83. The van der Waals surface area contributed by atoms with Gasteiger partial charge in [-0.25, -0.2) is 0 Å². The average molecular weight is 184 g/mol. The van der Waals surface area contributed by atoms with E-state index in [0.717, 1.165) is 22.0 Å². The Kier molecular flexibility index (Phi) is 3.21. The predicted octanol–water partition coefficient (Wildman–Crippen LogP) is 0.480. The van der Waals surface area contributed by atoms with E-state index in [1.54, 1.807) is 0 Å². The fraction of sp³-hybridized carbons (Fsp3) is 0.333. The quantitative estimate of drug-likeness (QED) is 0.656. The van der Waals surface area contributed by atoms with Crippen molar-refractivity contribution in [3.63, 3.8) is 0 Å². The molecule has 1 atom stereocenters. The highest BCUT2D eigenvalue weighted by Gasteiger charge is 2.02. The Bertz CT molecular complexity index is 261. The maximum Gasteiger partial charge on any atom is 0.0690 e. The molecule has 0 aliphatic heterocycles. The van der Waals surface area contributed by atoms with Gasteiger partial charge in [-0.05, 0) is 35.0 Å². The monoisotopic (exact) mass is 184 g/mol. The molecule has 66 valence electrons. The molecule has 1 aromatic rings. The van der Waals surface area contributed by atoms with Crippen molar-refractivity contribution in [3.05, 3.63) is 28.8 Å². The van der Waals surface area contributed by atoms with Crippen LogP contribution in [0.2, 0.25) is 0 Å². The van der Waals surface area contributed by atoms with E-state index < -0.39 is 0 Å². The second kappa shape index (κ2) is 3.99. The molecule has 0 bridgehead atoms. The Morgan fingerprint density at radius 1 is 1.25 bits per heavy atom. The molecule has 0 aliphatic carbocycles. The molecule has 1 aromatic carbocycles. The van der Waals surface area contributed by atoms with E-state index >= 15 is 0 Å². The van der Waals surface area contributed by atoms with Crippen molar-refractivity contribution in [2.75, 3.05) is 0 Å². The van der Waals surface area contributed by atoms with Gasteiger partial charge in [-0.15, -0.1) is 9.24 Å². The van der Waals surface area contributed by atoms with Crippen LogP contribution < -0.4 is 5.30 Å². The Labute approximate surface area is 74.4 Å². The Morgan fingerprint density at radius 2 is 1.92 bits per heavy atom. The van der Waals surface area contributed by atoms with Crippen LogP contribution in [0.1, 0.15) is 16.7 Å². The predicted molar refractivity (Wildman–Crippen MR) is 52.4 cm³/mol. The van der Waals surface area contributed by atoms with Gasteiger partial charge in [-0.3, -0.25) is 0 Å². The van der Waals surface area contributed by atoms with Gasteiger partial charge in [0.2, 0.25) is 0 Å². The summed E-state index contributed by atoms with van der Waals surface area (Å²) in [6.07, 6.45) is 0. The lowest BCUT2D eigenvalue weighted by molar-refractivity contribution is 0.278. The van der Waals surface area contributed by atoms with E-state index in [0.29, 0.717) is 0 Å². The van der Waals surface area contributed by atoms with Gasteiger partial charge in [0.05, 0.1) is 13.2 Å². The molecule has 0 amide bonds. The summed E-state index contributed by atoms with van der Waals surface area (Å²) in [5, 5.41) is 18.8. The largest absolute Gasteiger partial charge is 0.392 e. The zero-order chi connectivity index (χ0) is 9.14. The van der Waals surface area contributed by atoms with E-state index in [1.165, 1.54) is 0 Å². The van der Waals surface area contributed by atoms with Gasteiger partial charge in [0.1, 0.15) is 0 Å². The highest BCUT2D eigenvalue weighted by molar-refractivity contribution is 7.27. The molecule has 12 heavy (non-hydrogen) atoms. The van der Waals surface area contributed by atoms with E-state index in [2.05, 4.69) is 9.24 Å². The smallest absolute Gasteiger partial charge is 0.0690 e. The summed E-state index contributed by atoms with van der Waals surface area (Å²) in [6.45, 7) is 2.03. The number of aliphatic hydroxyl groups is 2. The fourth-order valence-corrected chi connectivity index (χ4v) is 1.76. The molecular formula is C9H13O2P. The number of benzene rings is 1. The Morgan fingerprint density at radius 3 is 2.33 bits per heavy atom. The molecule has 0 saturated heterocycles. The number of aliphatic hydroxyl groups excluding tert-OH is 2. The maximum absolute atomic E-state index is 8.99. The zero-order valence-electron chi connectivity index (χ0n) is 7.04. The van der Waals surface area contributed by atoms with Crippen molar-refractivity contribution in [2.24, 2.45) is 0 Å². The third-order valence-corrected chi connectivity index (χ3v) is 2.42. The SMILES string of the molecule is Cc1cc(CO)cc(P)c1CO. The molecule has 0 radical (unpaired) electrons. The minimum atomic E-state index is 0.0496. The number of hydrogen-bond donors (Lipinski definition) is 2. The van der Waals surface area contributed by atoms with Gasteiger partial charge in [0.15, 0.2) is 0 Å². The van der Waals surface area contributed by atoms with Crippen LogP contribution in [-0.2, 0) is 13.2 Å². The van der Waals surface area contributed by atoms with Gasteiger partial charge in [-0.1, -0.05) is 6.07 Å². The van der Waals surface area contributed by atoms with Gasteiger partial charge >= 0.3 is 0 Å². The first-order valence-electron chi connectivity index (χ1n) is 3.78. The topological polar surface area (TPSA) is 40.5 Å². The van der Waals surface area contributed by atoms with Crippen molar-refractivity contribution in [1.29, 1.82) is 0 Å².